The molecular formula is C29H30ClN4O2. The van der Waals surface area contributed by atoms with Crippen LogP contribution in [0.2, 0.25) is 5.02 Å². The van der Waals surface area contributed by atoms with Gasteiger partial charge >= 0.3 is 0 Å². The van der Waals surface area contributed by atoms with Crippen LogP contribution in [0, 0.1) is 6.54 Å². The molecule has 0 bridgehead atoms. The summed E-state index contributed by atoms with van der Waals surface area (Å²) in [5.41, 5.74) is 4.18. The van der Waals surface area contributed by atoms with E-state index < -0.39 is 12.1 Å². The van der Waals surface area contributed by atoms with Crippen molar-refractivity contribution in [1.82, 2.24) is 15.5 Å². The largest absolute Gasteiger partial charge is 0.368 e. The van der Waals surface area contributed by atoms with Crippen LogP contribution in [0.25, 0.3) is 0 Å². The molecule has 36 heavy (non-hydrogen) atoms. The number of benzene rings is 3. The Morgan fingerprint density at radius 2 is 1.61 bits per heavy atom. The highest BCUT2D eigenvalue weighted by atomic mass is 35.5. The molecule has 2 atom stereocenters. The normalized spacial score (nSPS) is 18.3. The van der Waals surface area contributed by atoms with Gasteiger partial charge in [0.2, 0.25) is 11.8 Å². The van der Waals surface area contributed by atoms with Gasteiger partial charge in [-0.15, -0.1) is 0 Å². The maximum Gasteiger partial charge on any atom is 0.245 e. The Kier molecular flexibility index (Phi) is 7.54. The minimum absolute atomic E-state index is 0.0564. The lowest BCUT2D eigenvalue weighted by atomic mass is 9.93. The number of hydrogen-bond acceptors (Lipinski definition) is 4. The Morgan fingerprint density at radius 1 is 0.917 bits per heavy atom. The predicted molar refractivity (Wildman–Crippen MR) is 143 cm³/mol. The van der Waals surface area contributed by atoms with Crippen molar-refractivity contribution in [2.45, 2.75) is 24.9 Å². The number of amides is 2. The molecule has 3 aromatic rings. The molecule has 2 amide bonds. The van der Waals surface area contributed by atoms with Crippen molar-refractivity contribution in [3.63, 3.8) is 0 Å². The topological polar surface area (TPSA) is 64.7 Å². The molecule has 0 aromatic heterocycles. The number of nitrogens with one attached hydrogen (secondary N) is 2. The van der Waals surface area contributed by atoms with Gasteiger partial charge < -0.3 is 15.1 Å². The molecule has 0 spiro atoms. The number of hydrogen-bond donors (Lipinski definition) is 2. The van der Waals surface area contributed by atoms with Crippen molar-refractivity contribution in [2.24, 2.45) is 0 Å². The van der Waals surface area contributed by atoms with Crippen LogP contribution in [-0.2, 0) is 22.4 Å². The smallest absolute Gasteiger partial charge is 0.245 e. The molecular weight excluding hydrogens is 472 g/mol. The van der Waals surface area contributed by atoms with Gasteiger partial charge in [-0.25, -0.2) is 0 Å². The highest BCUT2D eigenvalue weighted by molar-refractivity contribution is 6.30. The van der Waals surface area contributed by atoms with Crippen LogP contribution in [0.5, 0.6) is 0 Å². The molecule has 5 rings (SSSR count). The highest BCUT2D eigenvalue weighted by Gasteiger charge is 2.33. The number of carbonyl (C=O) groups is 2. The molecule has 2 aliphatic heterocycles. The second-order valence-electron chi connectivity index (χ2n) is 9.25. The molecule has 1 saturated heterocycles. The van der Waals surface area contributed by atoms with Gasteiger partial charge in [0.15, 0.2) is 0 Å². The fourth-order valence-electron chi connectivity index (χ4n) is 4.95. The zero-order valence-electron chi connectivity index (χ0n) is 20.1. The van der Waals surface area contributed by atoms with Gasteiger partial charge in [-0.2, -0.15) is 0 Å². The van der Waals surface area contributed by atoms with Crippen LogP contribution >= 0.6 is 11.6 Å². The standard InChI is InChI=1S/C29H30ClN4O2/c30-23-12-10-21(11-13-23)20-26(32-28(35)27-25-9-5-4-6-22(25)14-15-31-27)29(36)34-18-16-33(17-19-34)24-7-2-1-3-8-24/h1-13,15,26-27,31H,14,16-20H2,(H,32,35)/t26-,27?/m1/s1. The van der Waals surface area contributed by atoms with E-state index in [-0.39, 0.29) is 11.8 Å². The third-order valence-corrected chi connectivity index (χ3v) is 7.17. The van der Waals surface area contributed by atoms with Crippen molar-refractivity contribution in [3.05, 3.63) is 107 Å². The second-order valence-corrected chi connectivity index (χ2v) is 9.68. The van der Waals surface area contributed by atoms with Crippen LogP contribution in [0.15, 0.2) is 78.9 Å². The van der Waals surface area contributed by atoms with Gasteiger partial charge in [0.05, 0.1) is 0 Å². The summed E-state index contributed by atoms with van der Waals surface area (Å²) in [6.45, 7) is 4.64. The number of nitrogens with zero attached hydrogens (tertiary/aromatic N) is 2. The monoisotopic (exact) mass is 501 g/mol. The van der Waals surface area contributed by atoms with E-state index >= 15 is 0 Å². The quantitative estimate of drug-likeness (QED) is 0.540. The number of rotatable bonds is 6. The van der Waals surface area contributed by atoms with Gasteiger partial charge in [-0.1, -0.05) is 66.2 Å². The van der Waals surface area contributed by atoms with Crippen LogP contribution in [0.3, 0.4) is 0 Å². The second kappa shape index (κ2) is 11.1. The zero-order chi connectivity index (χ0) is 24.9. The maximum absolute atomic E-state index is 13.7. The molecule has 2 heterocycles. The molecule has 6 nitrogen and oxygen atoms in total. The predicted octanol–water partition coefficient (Wildman–Crippen LogP) is 3.76. The van der Waals surface area contributed by atoms with Crippen molar-refractivity contribution in [2.75, 3.05) is 31.1 Å². The van der Waals surface area contributed by atoms with Crippen LogP contribution in [0.1, 0.15) is 22.7 Å². The van der Waals surface area contributed by atoms with E-state index in [1.165, 1.54) is 0 Å². The highest BCUT2D eigenvalue weighted by Crippen LogP contribution is 2.25. The third-order valence-electron chi connectivity index (χ3n) is 6.92. The van der Waals surface area contributed by atoms with Crippen molar-refractivity contribution in [3.8, 4) is 0 Å². The van der Waals surface area contributed by atoms with E-state index in [1.807, 2.05) is 78.2 Å². The van der Waals surface area contributed by atoms with Crippen LogP contribution in [0.4, 0.5) is 5.69 Å². The number of halogens is 1. The summed E-state index contributed by atoms with van der Waals surface area (Å²) >= 11 is 6.07. The summed E-state index contributed by atoms with van der Waals surface area (Å²) in [7, 11) is 0. The molecule has 1 unspecified atom stereocenters. The first-order valence-corrected chi connectivity index (χ1v) is 12.8. The first-order chi connectivity index (χ1) is 17.6. The Morgan fingerprint density at radius 3 is 2.36 bits per heavy atom. The van der Waals surface area contributed by atoms with Crippen molar-refractivity contribution >= 4 is 29.1 Å². The minimum Gasteiger partial charge on any atom is -0.368 e. The van der Waals surface area contributed by atoms with Crippen molar-refractivity contribution in [1.29, 1.82) is 0 Å². The lowest BCUT2D eigenvalue weighted by molar-refractivity contribution is -0.137. The molecule has 1 fully saturated rings. The van der Waals surface area contributed by atoms with E-state index in [4.69, 9.17) is 11.6 Å². The molecule has 185 valence electrons. The average Bonchev–Trinajstić information content (AvgIpc) is 2.93. The Bertz CT molecular complexity index is 1190. The summed E-state index contributed by atoms with van der Waals surface area (Å²) in [5, 5.41) is 6.92. The Hall–Kier alpha value is -3.35. The summed E-state index contributed by atoms with van der Waals surface area (Å²) in [4.78, 5) is 31.3. The number of carbonyl (C=O) groups excluding carboxylic acids is 2. The van der Waals surface area contributed by atoms with Gasteiger partial charge in [0.1, 0.15) is 12.1 Å². The average molecular weight is 502 g/mol. The van der Waals surface area contributed by atoms with E-state index in [1.54, 1.807) is 0 Å². The minimum atomic E-state index is -0.669. The third kappa shape index (κ3) is 5.55. The summed E-state index contributed by atoms with van der Waals surface area (Å²) < 4.78 is 0. The first-order valence-electron chi connectivity index (χ1n) is 12.4. The summed E-state index contributed by atoms with van der Waals surface area (Å²) in [6, 6.07) is 24.4. The number of piperazine rings is 1. The van der Waals surface area contributed by atoms with Gasteiger partial charge in [0.25, 0.3) is 0 Å². The molecule has 0 saturated carbocycles. The lowest BCUT2D eigenvalue weighted by Crippen LogP contribution is -2.56. The molecule has 0 aliphatic carbocycles. The van der Waals surface area contributed by atoms with E-state index in [0.717, 1.165) is 41.9 Å². The summed E-state index contributed by atoms with van der Waals surface area (Å²) in [5.74, 6) is -0.257. The molecule has 1 radical (unpaired) electrons. The number of anilines is 1. The number of para-hydroxylation sites is 1. The molecule has 3 aromatic carbocycles. The number of fused-ring (bicyclic) bond motifs is 1. The lowest BCUT2D eigenvalue weighted by Gasteiger charge is -2.38. The SMILES string of the molecule is O=C(N[C@H](Cc1ccc(Cl)cc1)C(=O)N1CCN(c2ccccc2)CC1)C1N[CH]Cc2ccccc21. The maximum atomic E-state index is 13.7. The van der Waals surface area contributed by atoms with Gasteiger partial charge in [-0.3, -0.25) is 14.9 Å². The fraction of sp³-hybridized carbons (Fsp3) is 0.276. The van der Waals surface area contributed by atoms with Crippen LogP contribution in [-0.4, -0.2) is 48.9 Å². The molecule has 2 N–H and O–H groups in total. The zero-order valence-corrected chi connectivity index (χ0v) is 20.8. The van der Waals surface area contributed by atoms with E-state index in [0.29, 0.717) is 24.5 Å². The molecule has 7 heteroatoms. The molecule has 2 aliphatic rings. The van der Waals surface area contributed by atoms with Crippen molar-refractivity contribution < 1.29 is 9.59 Å². The van der Waals surface area contributed by atoms with Gasteiger partial charge in [-0.05, 0) is 47.4 Å². The Balaban J connectivity index is 1.31. The summed E-state index contributed by atoms with van der Waals surface area (Å²) in [6.07, 6.45) is 1.16. The van der Waals surface area contributed by atoms with Gasteiger partial charge in [0, 0.05) is 49.9 Å². The Labute approximate surface area is 217 Å². The van der Waals surface area contributed by atoms with E-state index in [9.17, 15) is 9.59 Å². The first kappa shape index (κ1) is 24.3. The fourth-order valence-corrected chi connectivity index (χ4v) is 5.08. The van der Waals surface area contributed by atoms with E-state index in [2.05, 4.69) is 27.7 Å². The van der Waals surface area contributed by atoms with Crippen LogP contribution < -0.4 is 15.5 Å².